The van der Waals surface area contributed by atoms with Gasteiger partial charge in [-0.15, -0.1) is 0 Å². The van der Waals surface area contributed by atoms with Gasteiger partial charge in [-0.05, 0) is 13.3 Å². The van der Waals surface area contributed by atoms with Gasteiger partial charge >= 0.3 is 0 Å². The number of aryl methyl sites for hydroxylation is 1. The zero-order valence-corrected chi connectivity index (χ0v) is 9.70. The number of hydrogen-bond acceptors (Lipinski definition) is 5. The van der Waals surface area contributed by atoms with E-state index >= 15 is 0 Å². The molecule has 0 spiro atoms. The minimum absolute atomic E-state index is 0.0585. The lowest BCUT2D eigenvalue weighted by Gasteiger charge is -2.06. The first kappa shape index (κ1) is 13.2. The summed E-state index contributed by atoms with van der Waals surface area (Å²) in [5.41, 5.74) is 0.290. The molecule has 1 atom stereocenters. The normalized spacial score (nSPS) is 13.7. The Balaban J connectivity index is 3.34. The van der Waals surface area contributed by atoms with Crippen LogP contribution in [0.3, 0.4) is 0 Å². The maximum atomic E-state index is 10.7. The molecule has 0 saturated heterocycles. The molecule has 0 fully saturated rings. The van der Waals surface area contributed by atoms with Gasteiger partial charge in [0, 0.05) is 5.56 Å². The molecule has 1 aromatic heterocycles. The number of nitro groups is 1. The monoisotopic (exact) mass is 241 g/mol. The molecule has 0 amide bonds. The Labute approximate surface area is 97.8 Å². The van der Waals surface area contributed by atoms with Crippen LogP contribution in [0.15, 0.2) is 17.3 Å². The van der Waals surface area contributed by atoms with E-state index in [-0.39, 0.29) is 23.8 Å². The molecule has 1 rings (SSSR count). The van der Waals surface area contributed by atoms with Crippen LogP contribution in [0, 0.1) is 17.0 Å². The summed E-state index contributed by atoms with van der Waals surface area (Å²) in [6, 6.07) is 0.809. The van der Waals surface area contributed by atoms with E-state index in [1.807, 2.05) is 6.92 Å². The molecular formula is C10H15N3O4. The van der Waals surface area contributed by atoms with Crippen molar-refractivity contribution in [2.45, 2.75) is 26.3 Å². The highest BCUT2D eigenvalue weighted by molar-refractivity contribution is 5.35. The minimum atomic E-state index is -0.533. The van der Waals surface area contributed by atoms with Crippen molar-refractivity contribution in [2.24, 2.45) is 4.99 Å². The number of aromatic nitrogens is 1. The maximum Gasteiger partial charge on any atom is 0.277 e. The first-order chi connectivity index (χ1) is 7.99. The van der Waals surface area contributed by atoms with Crippen molar-refractivity contribution < 1.29 is 15.2 Å². The Morgan fingerprint density at radius 3 is 2.76 bits per heavy atom. The van der Waals surface area contributed by atoms with Gasteiger partial charge in [0.15, 0.2) is 5.49 Å². The molecule has 2 N–H and O–H groups in total. The molecular weight excluding hydrogens is 226 g/mol. The highest BCUT2D eigenvalue weighted by atomic mass is 16.6. The number of aliphatic hydroxyl groups is 1. The van der Waals surface area contributed by atoms with Crippen LogP contribution < -0.4 is 5.49 Å². The van der Waals surface area contributed by atoms with E-state index in [1.165, 1.54) is 19.2 Å². The lowest BCUT2D eigenvalue weighted by atomic mass is 10.2. The van der Waals surface area contributed by atoms with Gasteiger partial charge < -0.3 is 10.3 Å². The van der Waals surface area contributed by atoms with Crippen molar-refractivity contribution in [1.29, 1.82) is 0 Å². The summed E-state index contributed by atoms with van der Waals surface area (Å²) in [7, 11) is 0. The Morgan fingerprint density at radius 2 is 2.29 bits per heavy atom. The summed E-state index contributed by atoms with van der Waals surface area (Å²) in [5.74, 6) is 0. The van der Waals surface area contributed by atoms with Gasteiger partial charge in [-0.1, -0.05) is 6.92 Å². The van der Waals surface area contributed by atoms with E-state index in [4.69, 9.17) is 5.11 Å². The van der Waals surface area contributed by atoms with Crippen molar-refractivity contribution in [3.8, 4) is 0 Å². The largest absolute Gasteiger partial charge is 0.427 e. The molecule has 7 heteroatoms. The maximum absolute atomic E-state index is 10.7. The minimum Gasteiger partial charge on any atom is -0.427 e. The second kappa shape index (κ2) is 5.44. The van der Waals surface area contributed by atoms with Crippen LogP contribution in [0.25, 0.3) is 0 Å². The molecule has 0 saturated carbocycles. The van der Waals surface area contributed by atoms with E-state index in [1.54, 1.807) is 0 Å². The van der Waals surface area contributed by atoms with E-state index in [0.29, 0.717) is 12.0 Å². The summed E-state index contributed by atoms with van der Waals surface area (Å²) in [6.07, 6.45) is 1.80. The third-order valence-electron chi connectivity index (χ3n) is 2.41. The number of rotatable bonds is 4. The zero-order valence-electron chi connectivity index (χ0n) is 9.70. The van der Waals surface area contributed by atoms with Crippen molar-refractivity contribution in [1.82, 2.24) is 4.73 Å². The van der Waals surface area contributed by atoms with Gasteiger partial charge in [0.2, 0.25) is 0 Å². The molecule has 1 heterocycles. The lowest BCUT2D eigenvalue weighted by molar-refractivity contribution is -0.385. The van der Waals surface area contributed by atoms with Crippen molar-refractivity contribution >= 4 is 5.69 Å². The molecule has 94 valence electrons. The Kier molecular flexibility index (Phi) is 4.22. The zero-order chi connectivity index (χ0) is 13.0. The number of pyridine rings is 1. The highest BCUT2D eigenvalue weighted by Crippen LogP contribution is 2.13. The van der Waals surface area contributed by atoms with E-state index in [9.17, 15) is 15.3 Å². The van der Waals surface area contributed by atoms with E-state index in [0.717, 1.165) is 4.73 Å². The van der Waals surface area contributed by atoms with Crippen LogP contribution >= 0.6 is 0 Å². The fraction of sp³-hybridized carbons (Fsp3) is 0.500. The van der Waals surface area contributed by atoms with Gasteiger partial charge in [0.1, 0.15) is 0 Å². The third-order valence-corrected chi connectivity index (χ3v) is 2.41. The lowest BCUT2D eigenvalue weighted by Crippen LogP contribution is -2.24. The predicted molar refractivity (Wildman–Crippen MR) is 59.7 cm³/mol. The first-order valence-corrected chi connectivity index (χ1v) is 5.21. The molecule has 17 heavy (non-hydrogen) atoms. The molecule has 0 bridgehead atoms. The smallest absolute Gasteiger partial charge is 0.277 e. The first-order valence-electron chi connectivity index (χ1n) is 5.21. The van der Waals surface area contributed by atoms with Crippen molar-refractivity contribution in [2.75, 3.05) is 6.61 Å². The SMILES string of the molecule is CCC(CO)N=c1cc([N+](=O)[O-])c(C)cn1O. The van der Waals surface area contributed by atoms with Gasteiger partial charge in [-0.3, -0.25) is 15.1 Å². The number of nitrogens with zero attached hydrogens (tertiary/aromatic N) is 3. The molecule has 0 aromatic carbocycles. The second-order valence-corrected chi connectivity index (χ2v) is 3.68. The third kappa shape index (κ3) is 3.04. The van der Waals surface area contributed by atoms with Crippen LogP contribution in [0.1, 0.15) is 18.9 Å². The molecule has 1 unspecified atom stereocenters. The van der Waals surface area contributed by atoms with Crippen LogP contribution in [0.4, 0.5) is 5.69 Å². The Morgan fingerprint density at radius 1 is 1.65 bits per heavy atom. The van der Waals surface area contributed by atoms with E-state index in [2.05, 4.69) is 4.99 Å². The number of aliphatic hydroxyl groups excluding tert-OH is 1. The highest BCUT2D eigenvalue weighted by Gasteiger charge is 2.12. The van der Waals surface area contributed by atoms with Gasteiger partial charge in [0.25, 0.3) is 5.69 Å². The van der Waals surface area contributed by atoms with Gasteiger partial charge in [-0.25, -0.2) is 0 Å². The van der Waals surface area contributed by atoms with Crippen LogP contribution in [0.2, 0.25) is 0 Å². The van der Waals surface area contributed by atoms with Gasteiger partial charge in [0.05, 0.1) is 29.8 Å². The van der Waals surface area contributed by atoms with Crippen molar-refractivity contribution in [3.63, 3.8) is 0 Å². The standard InChI is InChI=1S/C10H15N3O4/c1-3-8(6-14)11-10-4-9(13(16)17)7(2)5-12(10)15/h4-5,8,14-15H,3,6H2,1-2H3. The second-order valence-electron chi connectivity index (χ2n) is 3.68. The van der Waals surface area contributed by atoms with Crippen LogP contribution in [-0.2, 0) is 0 Å². The summed E-state index contributed by atoms with van der Waals surface area (Å²) >= 11 is 0. The summed E-state index contributed by atoms with van der Waals surface area (Å²) < 4.78 is 0.723. The van der Waals surface area contributed by atoms with Crippen LogP contribution in [-0.4, -0.2) is 32.6 Å². The average Bonchev–Trinajstić information content (AvgIpc) is 2.27. The van der Waals surface area contributed by atoms with E-state index < -0.39 is 4.92 Å². The topological polar surface area (TPSA) is 101 Å². The summed E-state index contributed by atoms with van der Waals surface area (Å²) in [5, 5.41) is 29.3. The molecule has 1 aromatic rings. The molecule has 0 radical (unpaired) electrons. The quantitative estimate of drug-likeness (QED) is 0.458. The summed E-state index contributed by atoms with van der Waals surface area (Å²) in [6.45, 7) is 3.19. The van der Waals surface area contributed by atoms with Gasteiger partial charge in [-0.2, -0.15) is 4.73 Å². The molecule has 0 aliphatic heterocycles. The van der Waals surface area contributed by atoms with Crippen molar-refractivity contribution in [3.05, 3.63) is 33.4 Å². The molecule has 0 aliphatic carbocycles. The molecule has 0 aliphatic rings. The number of hydrogen-bond donors (Lipinski definition) is 2. The Hall–Kier alpha value is -1.89. The fourth-order valence-electron chi connectivity index (χ4n) is 1.36. The Bertz CT molecular complexity index is 477. The summed E-state index contributed by atoms with van der Waals surface area (Å²) in [4.78, 5) is 14.2. The average molecular weight is 241 g/mol. The van der Waals surface area contributed by atoms with Crippen LogP contribution in [0.5, 0.6) is 0 Å². The predicted octanol–water partition coefficient (Wildman–Crippen LogP) is 0.614. The molecule has 7 nitrogen and oxygen atoms in total. The fourth-order valence-corrected chi connectivity index (χ4v) is 1.36.